The molecule has 2 heterocycles. The van der Waals surface area contributed by atoms with E-state index in [9.17, 15) is 0 Å². The van der Waals surface area contributed by atoms with Gasteiger partial charge in [0.2, 0.25) is 0 Å². The zero-order valence-electron chi connectivity index (χ0n) is 9.22. The highest BCUT2D eigenvalue weighted by Crippen LogP contribution is 2.26. The Kier molecular flexibility index (Phi) is 3.38. The van der Waals surface area contributed by atoms with E-state index in [0.717, 1.165) is 26.1 Å². The van der Waals surface area contributed by atoms with Crippen LogP contribution in [0.25, 0.3) is 0 Å². The molecule has 1 aliphatic rings. The van der Waals surface area contributed by atoms with Crippen molar-refractivity contribution in [2.45, 2.75) is 25.8 Å². The van der Waals surface area contributed by atoms with Crippen LogP contribution >= 0.6 is 0 Å². The molecule has 0 saturated carbocycles. The lowest BCUT2D eigenvalue weighted by Gasteiger charge is -2.21. The van der Waals surface area contributed by atoms with Crippen LogP contribution < -0.4 is 5.73 Å². The zero-order valence-corrected chi connectivity index (χ0v) is 9.22. The van der Waals surface area contributed by atoms with E-state index in [1.165, 1.54) is 5.69 Å². The topological polar surface area (TPSA) is 53.1 Å². The highest BCUT2D eigenvalue weighted by Gasteiger charge is 2.24. The van der Waals surface area contributed by atoms with Crippen molar-refractivity contribution < 1.29 is 4.74 Å². The van der Waals surface area contributed by atoms with Gasteiger partial charge in [0.05, 0.1) is 12.9 Å². The Morgan fingerprint density at radius 2 is 2.60 bits per heavy atom. The van der Waals surface area contributed by atoms with Gasteiger partial charge in [-0.15, -0.1) is 0 Å². The SMILES string of the molecule is CC(C1CCOC1)n1cncc1CCN. The number of hydrogen-bond donors (Lipinski definition) is 1. The highest BCUT2D eigenvalue weighted by molar-refractivity contribution is 5.01. The summed E-state index contributed by atoms with van der Waals surface area (Å²) in [5.41, 5.74) is 6.81. The fourth-order valence-electron chi connectivity index (χ4n) is 2.20. The lowest BCUT2D eigenvalue weighted by molar-refractivity contribution is 0.174. The van der Waals surface area contributed by atoms with Crippen LogP contribution in [0.5, 0.6) is 0 Å². The Morgan fingerprint density at radius 1 is 1.73 bits per heavy atom. The molecule has 1 aliphatic heterocycles. The Bertz CT molecular complexity index is 305. The van der Waals surface area contributed by atoms with Crippen molar-refractivity contribution in [3.63, 3.8) is 0 Å². The fraction of sp³-hybridized carbons (Fsp3) is 0.727. The maximum Gasteiger partial charge on any atom is 0.0950 e. The summed E-state index contributed by atoms with van der Waals surface area (Å²) in [6.45, 7) is 4.69. The maximum absolute atomic E-state index is 5.58. The van der Waals surface area contributed by atoms with Crippen molar-refractivity contribution in [2.75, 3.05) is 19.8 Å². The number of nitrogens with zero attached hydrogens (tertiary/aromatic N) is 2. The molecule has 1 fully saturated rings. The second-order valence-corrected chi connectivity index (χ2v) is 4.20. The van der Waals surface area contributed by atoms with Gasteiger partial charge in [0.1, 0.15) is 0 Å². The van der Waals surface area contributed by atoms with Gasteiger partial charge in [-0.2, -0.15) is 0 Å². The van der Waals surface area contributed by atoms with Gasteiger partial charge in [0.25, 0.3) is 0 Å². The van der Waals surface area contributed by atoms with Crippen LogP contribution in [0.2, 0.25) is 0 Å². The van der Waals surface area contributed by atoms with E-state index in [4.69, 9.17) is 10.5 Å². The number of ether oxygens (including phenoxy) is 1. The number of nitrogens with two attached hydrogens (primary N) is 1. The average Bonchev–Trinajstić information content (AvgIpc) is 2.87. The summed E-state index contributed by atoms with van der Waals surface area (Å²) in [5.74, 6) is 0.621. The van der Waals surface area contributed by atoms with Crippen LogP contribution in [0.15, 0.2) is 12.5 Å². The summed E-state index contributed by atoms with van der Waals surface area (Å²) in [5, 5.41) is 0. The van der Waals surface area contributed by atoms with Crippen LogP contribution in [0, 0.1) is 5.92 Å². The van der Waals surface area contributed by atoms with Crippen LogP contribution in [-0.2, 0) is 11.2 Å². The Labute approximate surface area is 90.4 Å². The van der Waals surface area contributed by atoms with Gasteiger partial charge >= 0.3 is 0 Å². The van der Waals surface area contributed by atoms with Crippen LogP contribution in [0.4, 0.5) is 0 Å². The predicted molar refractivity (Wildman–Crippen MR) is 58.6 cm³/mol. The minimum Gasteiger partial charge on any atom is -0.381 e. The molecule has 2 atom stereocenters. The largest absolute Gasteiger partial charge is 0.381 e. The minimum absolute atomic E-state index is 0.469. The van der Waals surface area contributed by atoms with Gasteiger partial charge in [-0.1, -0.05) is 0 Å². The number of imidazole rings is 1. The first-order valence-electron chi connectivity index (χ1n) is 5.61. The second kappa shape index (κ2) is 4.77. The molecule has 1 aromatic rings. The molecular formula is C11H19N3O. The summed E-state index contributed by atoms with van der Waals surface area (Å²) in [6, 6.07) is 0.469. The molecule has 1 aromatic heterocycles. The van der Waals surface area contributed by atoms with Crippen molar-refractivity contribution in [2.24, 2.45) is 11.7 Å². The Hall–Kier alpha value is -0.870. The van der Waals surface area contributed by atoms with Crippen molar-refractivity contribution in [1.82, 2.24) is 9.55 Å². The first kappa shape index (κ1) is 10.6. The van der Waals surface area contributed by atoms with Gasteiger partial charge in [-0.3, -0.25) is 0 Å². The third-order valence-corrected chi connectivity index (χ3v) is 3.23. The third kappa shape index (κ3) is 2.21. The van der Waals surface area contributed by atoms with Crippen LogP contribution in [0.1, 0.15) is 25.1 Å². The molecule has 0 spiro atoms. The summed E-state index contributed by atoms with van der Waals surface area (Å²) in [7, 11) is 0. The molecule has 2 unspecified atom stereocenters. The highest BCUT2D eigenvalue weighted by atomic mass is 16.5. The van der Waals surface area contributed by atoms with E-state index < -0.39 is 0 Å². The third-order valence-electron chi connectivity index (χ3n) is 3.23. The molecule has 0 aromatic carbocycles. The number of rotatable bonds is 4. The van der Waals surface area contributed by atoms with E-state index in [-0.39, 0.29) is 0 Å². The summed E-state index contributed by atoms with van der Waals surface area (Å²) < 4.78 is 7.66. The predicted octanol–water partition coefficient (Wildman–Crippen LogP) is 0.982. The molecule has 15 heavy (non-hydrogen) atoms. The number of hydrogen-bond acceptors (Lipinski definition) is 3. The quantitative estimate of drug-likeness (QED) is 0.804. The standard InChI is InChI=1S/C11H19N3O/c1-9(10-3-5-15-7-10)14-8-13-6-11(14)2-4-12/h6,8-10H,2-5,7,12H2,1H3. The van der Waals surface area contributed by atoms with Crippen LogP contribution in [-0.4, -0.2) is 29.3 Å². The van der Waals surface area contributed by atoms with Crippen molar-refractivity contribution in [3.05, 3.63) is 18.2 Å². The first-order valence-corrected chi connectivity index (χ1v) is 5.61. The molecule has 4 nitrogen and oxygen atoms in total. The molecule has 84 valence electrons. The molecule has 2 rings (SSSR count). The first-order chi connectivity index (χ1) is 7.33. The Balaban J connectivity index is 2.09. The lowest BCUT2D eigenvalue weighted by atomic mass is 10.0. The van der Waals surface area contributed by atoms with Gasteiger partial charge < -0.3 is 15.0 Å². The van der Waals surface area contributed by atoms with E-state index in [1.54, 1.807) is 0 Å². The van der Waals surface area contributed by atoms with Gasteiger partial charge in [0, 0.05) is 36.9 Å². The van der Waals surface area contributed by atoms with E-state index in [2.05, 4.69) is 16.5 Å². The molecular weight excluding hydrogens is 190 g/mol. The zero-order chi connectivity index (χ0) is 10.7. The van der Waals surface area contributed by atoms with E-state index in [0.29, 0.717) is 18.5 Å². The summed E-state index contributed by atoms with van der Waals surface area (Å²) in [6.07, 6.45) is 5.88. The Morgan fingerprint density at radius 3 is 3.27 bits per heavy atom. The molecule has 0 bridgehead atoms. The smallest absolute Gasteiger partial charge is 0.0950 e. The fourth-order valence-corrected chi connectivity index (χ4v) is 2.20. The maximum atomic E-state index is 5.58. The minimum atomic E-state index is 0.469. The van der Waals surface area contributed by atoms with E-state index in [1.807, 2.05) is 12.5 Å². The van der Waals surface area contributed by atoms with Gasteiger partial charge in [-0.25, -0.2) is 4.98 Å². The summed E-state index contributed by atoms with van der Waals surface area (Å²) >= 11 is 0. The van der Waals surface area contributed by atoms with E-state index >= 15 is 0 Å². The summed E-state index contributed by atoms with van der Waals surface area (Å²) in [4.78, 5) is 4.20. The molecule has 0 amide bonds. The van der Waals surface area contributed by atoms with Gasteiger partial charge in [0.15, 0.2) is 0 Å². The molecule has 0 aliphatic carbocycles. The second-order valence-electron chi connectivity index (χ2n) is 4.20. The van der Waals surface area contributed by atoms with Crippen LogP contribution in [0.3, 0.4) is 0 Å². The molecule has 4 heteroatoms. The molecule has 2 N–H and O–H groups in total. The number of aromatic nitrogens is 2. The molecule has 1 saturated heterocycles. The normalized spacial score (nSPS) is 23.2. The van der Waals surface area contributed by atoms with Crippen molar-refractivity contribution >= 4 is 0 Å². The lowest BCUT2D eigenvalue weighted by Crippen LogP contribution is -2.19. The monoisotopic (exact) mass is 209 g/mol. The molecule has 0 radical (unpaired) electrons. The van der Waals surface area contributed by atoms with Gasteiger partial charge in [-0.05, 0) is 19.9 Å². The van der Waals surface area contributed by atoms with Crippen molar-refractivity contribution in [3.8, 4) is 0 Å². The van der Waals surface area contributed by atoms with Crippen molar-refractivity contribution in [1.29, 1.82) is 0 Å². The average molecular weight is 209 g/mol.